The number of para-hydroxylation sites is 1. The number of benzene rings is 1. The maximum absolute atomic E-state index is 12.1. The molecule has 0 aliphatic heterocycles. The Balaban J connectivity index is 1.67. The second-order valence-electron chi connectivity index (χ2n) is 7.35. The number of pyridine rings is 1. The smallest absolute Gasteiger partial charge is 0.230 e. The zero-order chi connectivity index (χ0) is 20.1. The summed E-state index contributed by atoms with van der Waals surface area (Å²) in [5, 5.41) is 13.2. The van der Waals surface area contributed by atoms with Crippen molar-refractivity contribution in [1.29, 1.82) is 0 Å². The number of hydrogen-bond donors (Lipinski definition) is 1. The van der Waals surface area contributed by atoms with Gasteiger partial charge >= 0.3 is 0 Å². The number of nitrogens with zero attached hydrogens (tertiary/aromatic N) is 4. The van der Waals surface area contributed by atoms with Crippen LogP contribution in [0.2, 0.25) is 0 Å². The predicted octanol–water partition coefficient (Wildman–Crippen LogP) is 3.43. The van der Waals surface area contributed by atoms with Gasteiger partial charge in [-0.05, 0) is 39.8 Å². The monoisotopic (exact) mass is 399 g/mol. The van der Waals surface area contributed by atoms with Crippen molar-refractivity contribution >= 4 is 28.6 Å². The Labute approximate surface area is 168 Å². The Morgan fingerprint density at radius 2 is 2.00 bits per heavy atom. The molecule has 3 rings (SSSR count). The molecular weight excluding hydrogens is 374 g/mol. The van der Waals surface area contributed by atoms with Crippen LogP contribution in [0, 0.1) is 0 Å². The zero-order valence-electron chi connectivity index (χ0n) is 16.6. The van der Waals surface area contributed by atoms with Gasteiger partial charge in [-0.1, -0.05) is 30.0 Å². The normalized spacial score (nSPS) is 11.6. The molecule has 2 aromatic heterocycles. The van der Waals surface area contributed by atoms with E-state index in [4.69, 9.17) is 4.74 Å². The van der Waals surface area contributed by atoms with Crippen LogP contribution in [-0.4, -0.2) is 36.9 Å². The minimum atomic E-state index is -0.248. The fourth-order valence-corrected chi connectivity index (χ4v) is 3.59. The van der Waals surface area contributed by atoms with Crippen LogP contribution in [0.1, 0.15) is 33.5 Å². The Hall–Kier alpha value is -2.61. The van der Waals surface area contributed by atoms with E-state index < -0.39 is 0 Å². The molecule has 2 heterocycles. The number of hydrogen-bond acceptors (Lipinski definition) is 6. The Morgan fingerprint density at radius 1 is 1.21 bits per heavy atom. The van der Waals surface area contributed by atoms with E-state index in [9.17, 15) is 4.79 Å². The third-order valence-corrected chi connectivity index (χ3v) is 4.88. The molecule has 0 aliphatic carbocycles. The highest BCUT2D eigenvalue weighted by Gasteiger charge is 2.17. The van der Waals surface area contributed by atoms with E-state index in [2.05, 4.69) is 20.5 Å². The van der Waals surface area contributed by atoms with Gasteiger partial charge in [-0.15, -0.1) is 10.2 Å². The van der Waals surface area contributed by atoms with Crippen molar-refractivity contribution in [2.75, 3.05) is 5.75 Å². The van der Waals surface area contributed by atoms with E-state index in [-0.39, 0.29) is 18.1 Å². The lowest BCUT2D eigenvalue weighted by atomic mass is 10.1. The molecule has 0 saturated carbocycles. The van der Waals surface area contributed by atoms with Crippen molar-refractivity contribution in [3.63, 3.8) is 0 Å². The quantitative estimate of drug-likeness (QED) is 0.613. The minimum Gasteiger partial charge on any atom is -0.483 e. The van der Waals surface area contributed by atoms with Crippen LogP contribution in [0.25, 0.3) is 10.9 Å². The number of carbonyl (C=O) groups excluding carboxylic acids is 1. The maximum Gasteiger partial charge on any atom is 0.230 e. The van der Waals surface area contributed by atoms with Gasteiger partial charge in [0.1, 0.15) is 17.9 Å². The number of ether oxygens (including phenoxy) is 1. The van der Waals surface area contributed by atoms with Crippen molar-refractivity contribution in [2.45, 2.75) is 51.5 Å². The molecule has 1 N–H and O–H groups in total. The third-order valence-electron chi connectivity index (χ3n) is 3.91. The third kappa shape index (κ3) is 5.01. The first kappa shape index (κ1) is 20.1. The van der Waals surface area contributed by atoms with Crippen LogP contribution in [-0.2, 0) is 17.9 Å². The number of thioether (sulfide) groups is 1. The molecule has 0 atom stereocenters. The minimum absolute atomic E-state index is 0.0252. The largest absolute Gasteiger partial charge is 0.483 e. The SMILES string of the molecule is CCn1c(COc2cccc3cccnc23)nnc1SCC(=O)NC(C)(C)C. The van der Waals surface area contributed by atoms with Gasteiger partial charge in [-0.3, -0.25) is 9.78 Å². The first-order chi connectivity index (χ1) is 13.4. The van der Waals surface area contributed by atoms with E-state index in [1.807, 2.05) is 62.6 Å². The maximum atomic E-state index is 12.1. The van der Waals surface area contributed by atoms with Crippen LogP contribution in [0.3, 0.4) is 0 Å². The molecule has 1 amide bonds. The van der Waals surface area contributed by atoms with Gasteiger partial charge in [-0.25, -0.2) is 0 Å². The zero-order valence-corrected chi connectivity index (χ0v) is 17.4. The Morgan fingerprint density at radius 3 is 2.75 bits per heavy atom. The summed E-state index contributed by atoms with van der Waals surface area (Å²) in [4.78, 5) is 16.5. The molecule has 28 heavy (non-hydrogen) atoms. The summed E-state index contributed by atoms with van der Waals surface area (Å²) >= 11 is 1.37. The lowest BCUT2D eigenvalue weighted by molar-refractivity contribution is -0.119. The molecule has 0 aliphatic rings. The molecule has 7 nitrogen and oxygen atoms in total. The topological polar surface area (TPSA) is 81.9 Å². The molecule has 3 aromatic rings. The predicted molar refractivity (Wildman–Crippen MR) is 110 cm³/mol. The van der Waals surface area contributed by atoms with Gasteiger partial charge in [0.2, 0.25) is 5.91 Å². The summed E-state index contributed by atoms with van der Waals surface area (Å²) < 4.78 is 7.94. The lowest BCUT2D eigenvalue weighted by Gasteiger charge is -2.20. The van der Waals surface area contributed by atoms with Gasteiger partial charge < -0.3 is 14.6 Å². The van der Waals surface area contributed by atoms with Gasteiger partial charge in [0, 0.05) is 23.7 Å². The van der Waals surface area contributed by atoms with E-state index in [0.717, 1.165) is 10.9 Å². The first-order valence-electron chi connectivity index (χ1n) is 9.20. The van der Waals surface area contributed by atoms with Crippen LogP contribution in [0.4, 0.5) is 0 Å². The highest BCUT2D eigenvalue weighted by molar-refractivity contribution is 7.99. The van der Waals surface area contributed by atoms with Gasteiger partial charge in [0.15, 0.2) is 11.0 Å². The molecule has 0 fully saturated rings. The summed E-state index contributed by atoms with van der Waals surface area (Å²) in [6.45, 7) is 8.88. The van der Waals surface area contributed by atoms with Crippen LogP contribution in [0.15, 0.2) is 41.7 Å². The summed E-state index contributed by atoms with van der Waals surface area (Å²) in [5.41, 5.74) is 0.572. The number of aromatic nitrogens is 4. The molecule has 148 valence electrons. The Kier molecular flexibility index (Phi) is 6.18. The van der Waals surface area contributed by atoms with E-state index in [0.29, 0.717) is 29.0 Å². The van der Waals surface area contributed by atoms with Crippen LogP contribution >= 0.6 is 11.8 Å². The number of carbonyl (C=O) groups is 1. The first-order valence-corrected chi connectivity index (χ1v) is 10.2. The standard InChI is InChI=1S/C20H25N5O2S/c1-5-25-16(23-24-19(25)28-13-17(26)22-20(2,3)4)12-27-15-10-6-8-14-9-7-11-21-18(14)15/h6-11H,5,12-13H2,1-4H3,(H,22,26). The van der Waals surface area contributed by atoms with Gasteiger partial charge in [0.25, 0.3) is 0 Å². The van der Waals surface area contributed by atoms with Crippen molar-refractivity contribution in [3.8, 4) is 5.75 Å². The van der Waals surface area contributed by atoms with Crippen molar-refractivity contribution in [3.05, 3.63) is 42.4 Å². The molecule has 0 unspecified atom stereocenters. The fraction of sp³-hybridized carbons (Fsp3) is 0.400. The summed E-state index contributed by atoms with van der Waals surface area (Å²) in [6, 6.07) is 9.74. The molecule has 8 heteroatoms. The average molecular weight is 400 g/mol. The van der Waals surface area contributed by atoms with E-state index in [1.165, 1.54) is 11.8 Å². The van der Waals surface area contributed by atoms with Crippen molar-refractivity contribution in [2.24, 2.45) is 0 Å². The lowest BCUT2D eigenvalue weighted by Crippen LogP contribution is -2.41. The fourth-order valence-electron chi connectivity index (χ4n) is 2.77. The van der Waals surface area contributed by atoms with E-state index in [1.54, 1.807) is 6.20 Å². The number of nitrogens with one attached hydrogen (secondary N) is 1. The average Bonchev–Trinajstić information content (AvgIpc) is 3.05. The molecule has 0 bridgehead atoms. The summed E-state index contributed by atoms with van der Waals surface area (Å²) in [5.74, 6) is 1.70. The van der Waals surface area contributed by atoms with Crippen molar-refractivity contribution < 1.29 is 9.53 Å². The summed E-state index contributed by atoms with van der Waals surface area (Å²) in [6.07, 6.45) is 1.75. The molecule has 0 spiro atoms. The summed E-state index contributed by atoms with van der Waals surface area (Å²) in [7, 11) is 0. The molecule has 0 saturated heterocycles. The molecule has 0 radical (unpaired) electrons. The highest BCUT2D eigenvalue weighted by Crippen LogP contribution is 2.24. The second-order valence-corrected chi connectivity index (χ2v) is 8.29. The van der Waals surface area contributed by atoms with Crippen LogP contribution < -0.4 is 10.1 Å². The molecule has 1 aromatic carbocycles. The number of amides is 1. The van der Waals surface area contributed by atoms with E-state index >= 15 is 0 Å². The number of rotatable bonds is 7. The highest BCUT2D eigenvalue weighted by atomic mass is 32.2. The van der Waals surface area contributed by atoms with Gasteiger partial charge in [-0.2, -0.15) is 0 Å². The Bertz CT molecular complexity index is 959. The molecular formula is C20H25N5O2S. The van der Waals surface area contributed by atoms with Gasteiger partial charge in [0.05, 0.1) is 5.75 Å². The number of fused-ring (bicyclic) bond motifs is 1. The second kappa shape index (κ2) is 8.60. The van der Waals surface area contributed by atoms with Crippen molar-refractivity contribution in [1.82, 2.24) is 25.1 Å². The van der Waals surface area contributed by atoms with Crippen LogP contribution in [0.5, 0.6) is 5.75 Å².